The number of thiophene rings is 1. The van der Waals surface area contributed by atoms with Gasteiger partial charge in [0.1, 0.15) is 5.69 Å². The Morgan fingerprint density at radius 2 is 2.15 bits per heavy atom. The van der Waals surface area contributed by atoms with Crippen molar-refractivity contribution in [3.05, 3.63) is 58.6 Å². The van der Waals surface area contributed by atoms with Gasteiger partial charge in [-0.3, -0.25) is 9.59 Å². The average Bonchev–Trinajstić information content (AvgIpc) is 3.41. The lowest BCUT2D eigenvalue weighted by Crippen LogP contribution is -2.32. The predicted molar refractivity (Wildman–Crippen MR) is 104 cm³/mol. The van der Waals surface area contributed by atoms with Crippen LogP contribution in [0.5, 0.6) is 0 Å². The topological polar surface area (TPSA) is 75.4 Å². The number of rotatable bonds is 5. The molecule has 4 rings (SSSR count). The summed E-state index contributed by atoms with van der Waals surface area (Å²) in [6.45, 7) is 0.616. The van der Waals surface area contributed by atoms with E-state index >= 15 is 0 Å². The van der Waals surface area contributed by atoms with Crippen molar-refractivity contribution in [2.75, 3.05) is 11.4 Å². The maximum absolute atomic E-state index is 12.5. The van der Waals surface area contributed by atoms with Crippen molar-refractivity contribution in [1.82, 2.24) is 10.5 Å². The fourth-order valence-corrected chi connectivity index (χ4v) is 3.81. The van der Waals surface area contributed by atoms with E-state index < -0.39 is 5.92 Å². The first kappa shape index (κ1) is 17.8. The molecule has 0 aliphatic carbocycles. The van der Waals surface area contributed by atoms with Crippen LogP contribution in [-0.4, -0.2) is 23.5 Å². The molecule has 1 saturated heterocycles. The summed E-state index contributed by atoms with van der Waals surface area (Å²) in [4.78, 5) is 27.3. The van der Waals surface area contributed by atoms with Crippen molar-refractivity contribution in [1.29, 1.82) is 0 Å². The minimum absolute atomic E-state index is 0.0705. The fraction of sp³-hybridized carbons (Fsp3) is 0.211. The van der Waals surface area contributed by atoms with Crippen molar-refractivity contribution >= 4 is 40.4 Å². The van der Waals surface area contributed by atoms with Crippen molar-refractivity contribution < 1.29 is 14.1 Å². The molecule has 1 aliphatic rings. The highest BCUT2D eigenvalue weighted by Crippen LogP contribution is 2.27. The van der Waals surface area contributed by atoms with Gasteiger partial charge in [0.05, 0.1) is 17.3 Å². The van der Waals surface area contributed by atoms with Crippen molar-refractivity contribution in [3.63, 3.8) is 0 Å². The van der Waals surface area contributed by atoms with E-state index in [0.29, 0.717) is 23.0 Å². The van der Waals surface area contributed by atoms with Crippen LogP contribution in [0.15, 0.2) is 52.4 Å². The third-order valence-corrected chi connectivity index (χ3v) is 5.54. The summed E-state index contributed by atoms with van der Waals surface area (Å²) in [6.07, 6.45) is 0.188. The number of nitrogens with zero attached hydrogens (tertiary/aromatic N) is 2. The molecular weight excluding hydrogens is 386 g/mol. The van der Waals surface area contributed by atoms with Crippen LogP contribution in [0, 0.1) is 5.92 Å². The summed E-state index contributed by atoms with van der Waals surface area (Å²) < 4.78 is 5.30. The first-order valence-electron chi connectivity index (χ1n) is 8.43. The van der Waals surface area contributed by atoms with Crippen molar-refractivity contribution in [3.8, 4) is 10.6 Å². The second-order valence-corrected chi connectivity index (χ2v) is 7.64. The number of benzene rings is 1. The molecule has 0 radical (unpaired) electrons. The molecule has 1 unspecified atom stereocenters. The third-order valence-electron chi connectivity index (χ3n) is 4.40. The van der Waals surface area contributed by atoms with E-state index in [0.717, 1.165) is 10.6 Å². The molecule has 1 atom stereocenters. The number of anilines is 1. The second-order valence-electron chi connectivity index (χ2n) is 6.26. The van der Waals surface area contributed by atoms with Crippen LogP contribution in [0.3, 0.4) is 0 Å². The first-order valence-corrected chi connectivity index (χ1v) is 9.69. The SMILES string of the molecule is O=C(NCc1cc(-c2cccs2)on1)C1CC(=O)N(c2ccc(Cl)cc2)C1. The minimum atomic E-state index is -0.392. The van der Waals surface area contributed by atoms with E-state index in [1.165, 1.54) is 0 Å². The van der Waals surface area contributed by atoms with Crippen LogP contribution in [0.25, 0.3) is 10.6 Å². The highest BCUT2D eigenvalue weighted by atomic mass is 35.5. The Bertz CT molecular complexity index is 953. The van der Waals surface area contributed by atoms with Gasteiger partial charge in [0, 0.05) is 29.7 Å². The monoisotopic (exact) mass is 401 g/mol. The van der Waals surface area contributed by atoms with E-state index in [1.807, 2.05) is 23.6 Å². The normalized spacial score (nSPS) is 16.7. The Hall–Kier alpha value is -2.64. The third kappa shape index (κ3) is 3.89. The van der Waals surface area contributed by atoms with Crippen molar-refractivity contribution in [2.45, 2.75) is 13.0 Å². The Labute approximate surface area is 164 Å². The molecule has 3 heterocycles. The lowest BCUT2D eigenvalue weighted by atomic mass is 10.1. The van der Waals surface area contributed by atoms with Gasteiger partial charge in [-0.1, -0.05) is 22.8 Å². The molecule has 2 amide bonds. The Kier molecular flexibility index (Phi) is 4.96. The number of hydrogen-bond acceptors (Lipinski definition) is 5. The van der Waals surface area contributed by atoms with Gasteiger partial charge in [-0.25, -0.2) is 0 Å². The number of carbonyl (C=O) groups excluding carboxylic acids is 2. The zero-order chi connectivity index (χ0) is 18.8. The highest BCUT2D eigenvalue weighted by Gasteiger charge is 2.35. The number of amides is 2. The lowest BCUT2D eigenvalue weighted by molar-refractivity contribution is -0.126. The quantitative estimate of drug-likeness (QED) is 0.706. The molecule has 0 saturated carbocycles. The van der Waals surface area contributed by atoms with E-state index in [1.54, 1.807) is 40.5 Å². The summed E-state index contributed by atoms with van der Waals surface area (Å²) in [6, 6.07) is 12.7. The summed E-state index contributed by atoms with van der Waals surface area (Å²) in [5, 5.41) is 9.39. The number of halogens is 1. The summed E-state index contributed by atoms with van der Waals surface area (Å²) in [5.41, 5.74) is 1.39. The highest BCUT2D eigenvalue weighted by molar-refractivity contribution is 7.13. The summed E-state index contributed by atoms with van der Waals surface area (Å²) in [5.74, 6) is 0.0513. The number of hydrogen-bond donors (Lipinski definition) is 1. The zero-order valence-corrected chi connectivity index (χ0v) is 15.8. The van der Waals surface area contributed by atoms with Crippen LogP contribution in [0.4, 0.5) is 5.69 Å². The van der Waals surface area contributed by atoms with E-state index in [-0.39, 0.29) is 24.8 Å². The Balaban J connectivity index is 1.35. The second kappa shape index (κ2) is 7.54. The molecule has 27 heavy (non-hydrogen) atoms. The smallest absolute Gasteiger partial charge is 0.227 e. The van der Waals surface area contributed by atoms with E-state index in [2.05, 4.69) is 10.5 Å². The predicted octanol–water partition coefficient (Wildman–Crippen LogP) is 3.73. The van der Waals surface area contributed by atoms with Gasteiger partial charge in [0.25, 0.3) is 0 Å². The number of aromatic nitrogens is 1. The van der Waals surface area contributed by atoms with Gasteiger partial charge in [-0.15, -0.1) is 11.3 Å². The van der Waals surface area contributed by atoms with E-state index in [9.17, 15) is 9.59 Å². The van der Waals surface area contributed by atoms with Gasteiger partial charge < -0.3 is 14.7 Å². The maximum atomic E-state index is 12.5. The molecule has 1 fully saturated rings. The number of nitrogens with one attached hydrogen (secondary N) is 1. The molecule has 138 valence electrons. The van der Waals surface area contributed by atoms with Gasteiger partial charge in [-0.2, -0.15) is 0 Å². The molecule has 1 aromatic carbocycles. The largest absolute Gasteiger partial charge is 0.355 e. The standard InChI is InChI=1S/C19H16ClN3O3S/c20-13-3-5-15(6-4-13)23-11-12(8-18(23)24)19(25)21-10-14-9-16(26-22-14)17-2-1-7-27-17/h1-7,9,12H,8,10-11H2,(H,21,25). The van der Waals surface area contributed by atoms with Crippen LogP contribution in [0.1, 0.15) is 12.1 Å². The van der Waals surface area contributed by atoms with Crippen LogP contribution in [-0.2, 0) is 16.1 Å². The molecule has 0 bridgehead atoms. The van der Waals surface area contributed by atoms with Gasteiger partial charge in [0.15, 0.2) is 5.76 Å². The Morgan fingerprint density at radius 3 is 2.89 bits per heavy atom. The van der Waals surface area contributed by atoms with Gasteiger partial charge in [0.2, 0.25) is 11.8 Å². The maximum Gasteiger partial charge on any atom is 0.227 e. The summed E-state index contributed by atoms with van der Waals surface area (Å²) >= 11 is 7.45. The molecule has 1 N–H and O–H groups in total. The lowest BCUT2D eigenvalue weighted by Gasteiger charge is -2.16. The van der Waals surface area contributed by atoms with Crippen LogP contribution >= 0.6 is 22.9 Å². The van der Waals surface area contributed by atoms with Gasteiger partial charge in [-0.05, 0) is 35.7 Å². The number of carbonyl (C=O) groups is 2. The zero-order valence-electron chi connectivity index (χ0n) is 14.2. The molecular formula is C19H16ClN3O3S. The first-order chi connectivity index (χ1) is 13.1. The molecule has 6 nitrogen and oxygen atoms in total. The van der Waals surface area contributed by atoms with Crippen molar-refractivity contribution in [2.24, 2.45) is 5.92 Å². The minimum Gasteiger partial charge on any atom is -0.355 e. The van der Waals surface area contributed by atoms with E-state index in [4.69, 9.17) is 16.1 Å². The Morgan fingerprint density at radius 1 is 1.33 bits per heavy atom. The molecule has 0 spiro atoms. The molecule has 1 aliphatic heterocycles. The average molecular weight is 402 g/mol. The van der Waals surface area contributed by atoms with Gasteiger partial charge >= 0.3 is 0 Å². The molecule has 2 aromatic heterocycles. The molecule has 3 aromatic rings. The fourth-order valence-electron chi connectivity index (χ4n) is 3.01. The van der Waals surface area contributed by atoms with Crippen LogP contribution in [0.2, 0.25) is 5.02 Å². The molecule has 8 heteroatoms. The van der Waals surface area contributed by atoms with Crippen LogP contribution < -0.4 is 10.2 Å². The summed E-state index contributed by atoms with van der Waals surface area (Å²) in [7, 11) is 0.